The average Bonchev–Trinajstić information content (AvgIpc) is 2.54. The molecular weight excluding hydrogens is 351 g/mol. The monoisotopic (exact) mass is 367 g/mol. The Morgan fingerprint density at radius 1 is 1.28 bits per heavy atom. The van der Waals surface area contributed by atoms with Crippen LogP contribution < -0.4 is 9.47 Å². The number of alkyl halides is 3. The number of ether oxygens (including phenoxy) is 4. The Morgan fingerprint density at radius 3 is 2.60 bits per heavy atom. The zero-order valence-electron chi connectivity index (χ0n) is 13.2. The Balaban J connectivity index is 2.29. The zero-order valence-corrected chi connectivity index (χ0v) is 13.2. The maximum atomic E-state index is 11.8. The minimum atomic E-state index is -4.39. The number of esters is 1. The first-order chi connectivity index (χ1) is 11.7. The van der Waals surface area contributed by atoms with Crippen molar-refractivity contribution in [2.24, 2.45) is 0 Å². The van der Waals surface area contributed by atoms with Crippen LogP contribution in [-0.2, 0) is 14.3 Å². The second kappa shape index (κ2) is 9.67. The summed E-state index contributed by atoms with van der Waals surface area (Å²) in [6.45, 7) is -2.15. The van der Waals surface area contributed by atoms with Crippen LogP contribution in [0.2, 0.25) is 0 Å². The standard InChI is InChI=1S/C14H16F3NO7/c1-22-12-7-10(3-4-11(12)18(20)21)25-8-13(19)24-6-2-5-23-9-14(15,16)17/h3-4,7H,2,5-6,8-9H2,1H3. The van der Waals surface area contributed by atoms with Gasteiger partial charge in [-0.2, -0.15) is 13.2 Å². The van der Waals surface area contributed by atoms with E-state index in [9.17, 15) is 28.1 Å². The van der Waals surface area contributed by atoms with Crippen molar-refractivity contribution >= 4 is 11.7 Å². The summed E-state index contributed by atoms with van der Waals surface area (Å²) in [4.78, 5) is 21.5. The number of nitrogens with zero attached hydrogens (tertiary/aromatic N) is 1. The molecule has 0 spiro atoms. The number of hydrogen-bond donors (Lipinski definition) is 0. The fraction of sp³-hybridized carbons (Fsp3) is 0.500. The van der Waals surface area contributed by atoms with Crippen LogP contribution in [0.25, 0.3) is 0 Å². The van der Waals surface area contributed by atoms with Crippen molar-refractivity contribution in [3.8, 4) is 11.5 Å². The van der Waals surface area contributed by atoms with Crippen molar-refractivity contribution in [3.63, 3.8) is 0 Å². The Labute approximate surface area is 140 Å². The Bertz CT molecular complexity index is 592. The van der Waals surface area contributed by atoms with Crippen LogP contribution in [0.4, 0.5) is 18.9 Å². The summed E-state index contributed by atoms with van der Waals surface area (Å²) in [6, 6.07) is 3.70. The second-order valence-electron chi connectivity index (χ2n) is 4.62. The molecule has 1 rings (SSSR count). The maximum absolute atomic E-state index is 11.8. The molecule has 140 valence electrons. The van der Waals surface area contributed by atoms with Crippen molar-refractivity contribution in [2.45, 2.75) is 12.6 Å². The largest absolute Gasteiger partial charge is 0.490 e. The fourth-order valence-electron chi connectivity index (χ4n) is 1.62. The van der Waals surface area contributed by atoms with Gasteiger partial charge in [-0.15, -0.1) is 0 Å². The Morgan fingerprint density at radius 2 is 2.00 bits per heavy atom. The number of carbonyl (C=O) groups is 1. The third-order valence-electron chi connectivity index (χ3n) is 2.67. The van der Waals surface area contributed by atoms with Gasteiger partial charge in [0.1, 0.15) is 12.4 Å². The Kier molecular flexibility index (Phi) is 7.92. The highest BCUT2D eigenvalue weighted by Gasteiger charge is 2.27. The summed E-state index contributed by atoms with van der Waals surface area (Å²) in [5.41, 5.74) is -0.253. The SMILES string of the molecule is COc1cc(OCC(=O)OCCCOCC(F)(F)F)ccc1[N+](=O)[O-]. The molecule has 0 saturated carbocycles. The number of nitro benzene ring substituents is 1. The molecule has 0 aromatic heterocycles. The highest BCUT2D eigenvalue weighted by molar-refractivity contribution is 5.71. The fourth-order valence-corrected chi connectivity index (χ4v) is 1.62. The highest BCUT2D eigenvalue weighted by atomic mass is 19.4. The van der Waals surface area contributed by atoms with Crippen molar-refractivity contribution < 1.29 is 41.8 Å². The van der Waals surface area contributed by atoms with Gasteiger partial charge in [0.25, 0.3) is 0 Å². The predicted octanol–water partition coefficient (Wildman–Crippen LogP) is 2.49. The number of nitro groups is 1. The lowest BCUT2D eigenvalue weighted by molar-refractivity contribution is -0.385. The maximum Gasteiger partial charge on any atom is 0.411 e. The average molecular weight is 367 g/mol. The minimum Gasteiger partial charge on any atom is -0.490 e. The predicted molar refractivity (Wildman–Crippen MR) is 77.6 cm³/mol. The van der Waals surface area contributed by atoms with Crippen LogP contribution in [0.1, 0.15) is 6.42 Å². The van der Waals surface area contributed by atoms with Crippen molar-refractivity contribution in [1.29, 1.82) is 0 Å². The van der Waals surface area contributed by atoms with Gasteiger partial charge in [-0.25, -0.2) is 4.79 Å². The first-order valence-corrected chi connectivity index (χ1v) is 6.98. The molecule has 8 nitrogen and oxygen atoms in total. The summed E-state index contributed by atoms with van der Waals surface area (Å²) >= 11 is 0. The quantitative estimate of drug-likeness (QED) is 0.271. The summed E-state index contributed by atoms with van der Waals surface area (Å²) in [7, 11) is 1.25. The molecule has 25 heavy (non-hydrogen) atoms. The van der Waals surface area contributed by atoms with Gasteiger partial charge in [0.05, 0.1) is 25.2 Å². The van der Waals surface area contributed by atoms with Gasteiger partial charge in [-0.05, 0) is 6.07 Å². The molecule has 0 aliphatic carbocycles. The molecule has 0 bridgehead atoms. The molecule has 0 heterocycles. The van der Waals surface area contributed by atoms with Crippen LogP contribution in [-0.4, -0.2) is 50.6 Å². The van der Waals surface area contributed by atoms with Crippen molar-refractivity contribution in [2.75, 3.05) is 33.5 Å². The number of halogens is 3. The molecule has 0 saturated heterocycles. The summed E-state index contributed by atoms with van der Waals surface area (Å²) in [5, 5.41) is 10.7. The molecule has 1 aromatic carbocycles. The number of hydrogen-bond acceptors (Lipinski definition) is 7. The van der Waals surface area contributed by atoms with Crippen molar-refractivity contribution in [1.82, 2.24) is 0 Å². The van der Waals surface area contributed by atoms with E-state index in [1.54, 1.807) is 0 Å². The summed E-state index contributed by atoms with van der Waals surface area (Å²) in [6.07, 6.45) is -4.29. The van der Waals surface area contributed by atoms with E-state index in [2.05, 4.69) is 4.74 Å². The van der Waals surface area contributed by atoms with Crippen LogP contribution in [0, 0.1) is 10.1 Å². The zero-order chi connectivity index (χ0) is 18.9. The smallest absolute Gasteiger partial charge is 0.411 e. The van der Waals surface area contributed by atoms with Gasteiger partial charge in [-0.1, -0.05) is 0 Å². The minimum absolute atomic E-state index is 0.0299. The van der Waals surface area contributed by atoms with E-state index in [0.717, 1.165) is 6.07 Å². The van der Waals surface area contributed by atoms with Crippen LogP contribution in [0.3, 0.4) is 0 Å². The van der Waals surface area contributed by atoms with Crippen LogP contribution >= 0.6 is 0 Å². The third-order valence-corrected chi connectivity index (χ3v) is 2.67. The lowest BCUT2D eigenvalue weighted by atomic mass is 10.3. The first kappa shape index (κ1) is 20.5. The first-order valence-electron chi connectivity index (χ1n) is 6.98. The third kappa shape index (κ3) is 8.20. The van der Waals surface area contributed by atoms with Crippen LogP contribution in [0.15, 0.2) is 18.2 Å². The van der Waals surface area contributed by atoms with E-state index < -0.39 is 30.3 Å². The molecule has 0 fully saturated rings. The molecule has 0 unspecified atom stereocenters. The number of carbonyl (C=O) groups excluding carboxylic acids is 1. The number of methoxy groups -OCH3 is 1. The molecule has 1 aromatic rings. The van der Waals surface area contributed by atoms with E-state index in [1.165, 1.54) is 19.2 Å². The van der Waals surface area contributed by atoms with E-state index >= 15 is 0 Å². The molecule has 0 aliphatic rings. The summed E-state index contributed by atoms with van der Waals surface area (Å²) in [5.74, 6) is -0.612. The molecule has 0 N–H and O–H groups in total. The van der Waals surface area contributed by atoms with Gasteiger partial charge in [0.2, 0.25) is 5.75 Å². The highest BCUT2D eigenvalue weighted by Crippen LogP contribution is 2.30. The lowest BCUT2D eigenvalue weighted by Gasteiger charge is -2.09. The van der Waals surface area contributed by atoms with Gasteiger partial charge >= 0.3 is 17.8 Å². The Hall–Kier alpha value is -2.56. The number of benzene rings is 1. The molecular formula is C14H16F3NO7. The molecule has 0 atom stereocenters. The number of rotatable bonds is 10. The van der Waals surface area contributed by atoms with E-state index in [1.807, 2.05) is 0 Å². The van der Waals surface area contributed by atoms with Crippen LogP contribution in [0.5, 0.6) is 11.5 Å². The summed E-state index contributed by atoms with van der Waals surface area (Å²) < 4.78 is 54.5. The van der Waals surface area contributed by atoms with Gasteiger partial charge < -0.3 is 18.9 Å². The molecule has 0 aliphatic heterocycles. The normalized spacial score (nSPS) is 11.0. The lowest BCUT2D eigenvalue weighted by Crippen LogP contribution is -2.19. The van der Waals surface area contributed by atoms with Crippen molar-refractivity contribution in [3.05, 3.63) is 28.3 Å². The topological polar surface area (TPSA) is 97.1 Å². The molecule has 0 amide bonds. The molecule has 11 heteroatoms. The van der Waals surface area contributed by atoms with Gasteiger partial charge in [-0.3, -0.25) is 10.1 Å². The van der Waals surface area contributed by atoms with Gasteiger partial charge in [0, 0.05) is 18.6 Å². The van der Waals surface area contributed by atoms with Gasteiger partial charge in [0.15, 0.2) is 6.61 Å². The second-order valence-corrected chi connectivity index (χ2v) is 4.62. The van der Waals surface area contributed by atoms with E-state index in [-0.39, 0.29) is 36.8 Å². The molecule has 0 radical (unpaired) electrons. The van der Waals surface area contributed by atoms with E-state index in [4.69, 9.17) is 14.2 Å². The van der Waals surface area contributed by atoms with E-state index in [0.29, 0.717) is 0 Å².